The number of ether oxygens (including phenoxy) is 2. The number of hydrogen-bond donors (Lipinski definition) is 2. The molecule has 2 aromatic rings. The molecule has 9 heteroatoms. The molecule has 132 valence electrons. The maximum absolute atomic E-state index is 12.2. The first-order valence-electron chi connectivity index (χ1n) is 7.25. The van der Waals surface area contributed by atoms with Gasteiger partial charge in [-0.05, 0) is 38.1 Å². The fraction of sp³-hybridized carbons (Fsp3) is 0.250. The summed E-state index contributed by atoms with van der Waals surface area (Å²) in [6.07, 6.45) is -1.16. The number of methoxy groups -OCH3 is 1. The number of thiazole rings is 1. The highest BCUT2D eigenvalue weighted by Gasteiger charge is 2.23. The number of nitrogens with one attached hydrogen (secondary N) is 1. The fourth-order valence-corrected chi connectivity index (χ4v) is 2.89. The van der Waals surface area contributed by atoms with Crippen LogP contribution >= 0.6 is 11.3 Å². The van der Waals surface area contributed by atoms with Gasteiger partial charge in [-0.15, -0.1) is 11.3 Å². The lowest BCUT2D eigenvalue weighted by Crippen LogP contribution is -2.42. The van der Waals surface area contributed by atoms with Crippen LogP contribution in [0, 0.1) is 6.92 Å². The molecule has 0 fully saturated rings. The molecule has 0 saturated carbocycles. The molecule has 3 amide bonds. The summed E-state index contributed by atoms with van der Waals surface area (Å²) in [5, 5.41) is 2.49. The quantitative estimate of drug-likeness (QED) is 0.782. The number of carbonyl (C=O) groups excluding carboxylic acids is 3. The van der Waals surface area contributed by atoms with Gasteiger partial charge in [-0.25, -0.2) is 14.6 Å². The van der Waals surface area contributed by atoms with Crippen LogP contribution in [0.25, 0.3) is 10.6 Å². The summed E-state index contributed by atoms with van der Waals surface area (Å²) in [4.78, 5) is 39.1. The topological polar surface area (TPSA) is 121 Å². The van der Waals surface area contributed by atoms with Gasteiger partial charge in [0.15, 0.2) is 6.10 Å². The zero-order valence-electron chi connectivity index (χ0n) is 13.9. The van der Waals surface area contributed by atoms with Crippen molar-refractivity contribution >= 4 is 29.2 Å². The first-order valence-corrected chi connectivity index (χ1v) is 8.06. The lowest BCUT2D eigenvalue weighted by molar-refractivity contribution is -0.127. The Balaban J connectivity index is 2.14. The number of hydrogen-bond acceptors (Lipinski definition) is 7. The number of benzene rings is 1. The largest absolute Gasteiger partial charge is 0.497 e. The molecule has 0 radical (unpaired) electrons. The van der Waals surface area contributed by atoms with Crippen LogP contribution in [0.3, 0.4) is 0 Å². The van der Waals surface area contributed by atoms with Crippen LogP contribution in [0.1, 0.15) is 22.3 Å². The lowest BCUT2D eigenvalue weighted by atomic mass is 10.2. The monoisotopic (exact) mass is 363 g/mol. The summed E-state index contributed by atoms with van der Waals surface area (Å²) in [6.45, 7) is 3.02. The van der Waals surface area contributed by atoms with Gasteiger partial charge in [-0.2, -0.15) is 0 Å². The van der Waals surface area contributed by atoms with Crippen LogP contribution in [-0.2, 0) is 9.53 Å². The summed E-state index contributed by atoms with van der Waals surface area (Å²) in [7, 11) is 1.58. The standard InChI is InChI=1S/C16H17N3O5S/c1-8-12(15(21)24-9(2)13(20)19-16(17)22)25-14(18-8)10-4-6-11(23-3)7-5-10/h4-7,9H,1-3H3,(H3,17,19,20,22)/t9-/m1/s1. The van der Waals surface area contributed by atoms with Gasteiger partial charge in [-0.3, -0.25) is 10.1 Å². The van der Waals surface area contributed by atoms with E-state index in [0.717, 1.165) is 16.9 Å². The molecule has 0 bridgehead atoms. The number of aryl methyl sites for hydroxylation is 1. The van der Waals surface area contributed by atoms with Crippen LogP contribution in [0.4, 0.5) is 4.79 Å². The molecule has 25 heavy (non-hydrogen) atoms. The van der Waals surface area contributed by atoms with Crippen molar-refractivity contribution in [2.45, 2.75) is 20.0 Å². The lowest BCUT2D eigenvalue weighted by Gasteiger charge is -2.11. The average molecular weight is 363 g/mol. The normalized spacial score (nSPS) is 11.5. The Labute approximate surface area is 148 Å². The van der Waals surface area contributed by atoms with Crippen molar-refractivity contribution in [1.82, 2.24) is 10.3 Å². The number of aromatic nitrogens is 1. The maximum Gasteiger partial charge on any atom is 0.351 e. The highest BCUT2D eigenvalue weighted by Crippen LogP contribution is 2.29. The smallest absolute Gasteiger partial charge is 0.351 e. The molecule has 1 atom stereocenters. The summed E-state index contributed by atoms with van der Waals surface area (Å²) in [6, 6.07) is 6.23. The molecular weight excluding hydrogens is 346 g/mol. The van der Waals surface area contributed by atoms with E-state index in [9.17, 15) is 14.4 Å². The molecule has 3 N–H and O–H groups in total. The number of imide groups is 1. The van der Waals surface area contributed by atoms with Crippen LogP contribution < -0.4 is 15.8 Å². The Morgan fingerprint density at radius 2 is 1.88 bits per heavy atom. The van der Waals surface area contributed by atoms with Crippen LogP contribution in [0.2, 0.25) is 0 Å². The number of primary amides is 1. The minimum Gasteiger partial charge on any atom is -0.497 e. The van der Waals surface area contributed by atoms with E-state index in [0.29, 0.717) is 16.5 Å². The fourth-order valence-electron chi connectivity index (χ4n) is 1.93. The number of urea groups is 1. The van der Waals surface area contributed by atoms with Gasteiger partial charge in [0.1, 0.15) is 15.6 Å². The Morgan fingerprint density at radius 1 is 1.24 bits per heavy atom. The molecule has 1 heterocycles. The van der Waals surface area contributed by atoms with Crippen LogP contribution in [0.5, 0.6) is 5.75 Å². The zero-order valence-corrected chi connectivity index (χ0v) is 14.7. The highest BCUT2D eigenvalue weighted by molar-refractivity contribution is 7.17. The third-order valence-corrected chi connectivity index (χ3v) is 4.40. The van der Waals surface area contributed by atoms with Gasteiger partial charge in [-0.1, -0.05) is 0 Å². The minimum atomic E-state index is -1.16. The SMILES string of the molecule is COc1ccc(-c2nc(C)c(C(=O)O[C@H](C)C(=O)NC(N)=O)s2)cc1. The average Bonchev–Trinajstić information content (AvgIpc) is 2.96. The minimum absolute atomic E-state index is 0.282. The van der Waals surface area contributed by atoms with Gasteiger partial charge in [0.05, 0.1) is 12.8 Å². The molecule has 8 nitrogen and oxygen atoms in total. The third-order valence-electron chi connectivity index (χ3n) is 3.22. The van der Waals surface area contributed by atoms with Crippen molar-refractivity contribution in [2.75, 3.05) is 7.11 Å². The van der Waals surface area contributed by atoms with E-state index in [2.05, 4.69) is 4.98 Å². The number of nitrogens with zero attached hydrogens (tertiary/aromatic N) is 1. The van der Waals surface area contributed by atoms with E-state index >= 15 is 0 Å². The van der Waals surface area contributed by atoms with Crippen molar-refractivity contribution in [1.29, 1.82) is 0 Å². The van der Waals surface area contributed by atoms with Crippen molar-refractivity contribution in [3.63, 3.8) is 0 Å². The first kappa shape index (κ1) is 18.4. The van der Waals surface area contributed by atoms with E-state index < -0.39 is 24.0 Å². The van der Waals surface area contributed by atoms with Gasteiger partial charge in [0.25, 0.3) is 5.91 Å². The molecule has 0 aliphatic heterocycles. The molecule has 0 unspecified atom stereocenters. The Morgan fingerprint density at radius 3 is 2.44 bits per heavy atom. The van der Waals surface area contributed by atoms with E-state index in [1.165, 1.54) is 6.92 Å². The molecule has 1 aromatic heterocycles. The molecule has 0 aliphatic rings. The van der Waals surface area contributed by atoms with Crippen molar-refractivity contribution in [2.24, 2.45) is 5.73 Å². The van der Waals surface area contributed by atoms with E-state index in [-0.39, 0.29) is 4.88 Å². The van der Waals surface area contributed by atoms with Gasteiger partial charge in [0.2, 0.25) is 0 Å². The van der Waals surface area contributed by atoms with Gasteiger partial charge < -0.3 is 15.2 Å². The number of carbonyl (C=O) groups is 3. The predicted octanol–water partition coefficient (Wildman–Crippen LogP) is 1.87. The van der Waals surface area contributed by atoms with Crippen molar-refractivity contribution < 1.29 is 23.9 Å². The van der Waals surface area contributed by atoms with Gasteiger partial charge in [0, 0.05) is 5.56 Å². The first-order chi connectivity index (χ1) is 11.8. The summed E-state index contributed by atoms with van der Waals surface area (Å²) in [5.74, 6) is -0.772. The Bertz CT molecular complexity index is 801. The summed E-state index contributed by atoms with van der Waals surface area (Å²) in [5.41, 5.74) is 6.17. The molecule has 0 aliphatic carbocycles. The molecule has 1 aromatic carbocycles. The van der Waals surface area contributed by atoms with E-state index in [1.807, 2.05) is 17.4 Å². The number of amides is 3. The third kappa shape index (κ3) is 4.54. The van der Waals surface area contributed by atoms with Crippen LogP contribution in [0.15, 0.2) is 24.3 Å². The Hall–Kier alpha value is -2.94. The molecule has 0 spiro atoms. The molecular formula is C16H17N3O5S. The second-order valence-electron chi connectivity index (χ2n) is 5.06. The van der Waals surface area contributed by atoms with E-state index in [1.54, 1.807) is 26.2 Å². The number of esters is 1. The van der Waals surface area contributed by atoms with E-state index in [4.69, 9.17) is 15.2 Å². The number of nitrogens with two attached hydrogens (primary N) is 1. The van der Waals surface area contributed by atoms with Crippen molar-refractivity contribution in [3.05, 3.63) is 34.8 Å². The van der Waals surface area contributed by atoms with Crippen LogP contribution in [-0.4, -0.2) is 36.1 Å². The summed E-state index contributed by atoms with van der Waals surface area (Å²) < 4.78 is 10.2. The predicted molar refractivity (Wildman–Crippen MR) is 91.4 cm³/mol. The number of rotatable bonds is 5. The molecule has 0 saturated heterocycles. The van der Waals surface area contributed by atoms with Gasteiger partial charge >= 0.3 is 12.0 Å². The zero-order chi connectivity index (χ0) is 18.6. The second kappa shape index (κ2) is 7.75. The summed E-state index contributed by atoms with van der Waals surface area (Å²) >= 11 is 1.15. The van der Waals surface area contributed by atoms with Crippen molar-refractivity contribution in [3.8, 4) is 16.3 Å². The highest BCUT2D eigenvalue weighted by atomic mass is 32.1. The molecule has 2 rings (SSSR count). The second-order valence-corrected chi connectivity index (χ2v) is 6.06. The maximum atomic E-state index is 12.2. The Kier molecular flexibility index (Phi) is 5.71.